The van der Waals surface area contributed by atoms with Crippen LogP contribution >= 0.6 is 0 Å². The zero-order valence-electron chi connectivity index (χ0n) is 18.2. The molecule has 2 aromatic heterocycles. The van der Waals surface area contributed by atoms with Gasteiger partial charge in [-0.25, -0.2) is 13.8 Å². The number of hydrogen-bond acceptors (Lipinski definition) is 4. The molecule has 1 fully saturated rings. The molecule has 7 heteroatoms. The lowest BCUT2D eigenvalue weighted by Crippen LogP contribution is -2.34. The molecule has 1 aromatic carbocycles. The highest BCUT2D eigenvalue weighted by Gasteiger charge is 2.22. The van der Waals surface area contributed by atoms with E-state index in [4.69, 9.17) is 0 Å². The molecule has 3 heterocycles. The zero-order chi connectivity index (χ0) is 22.5. The molecule has 1 amide bonds. The van der Waals surface area contributed by atoms with E-state index >= 15 is 0 Å². The third kappa shape index (κ3) is 5.10. The molecule has 1 N–H and O–H groups in total. The van der Waals surface area contributed by atoms with Crippen LogP contribution in [-0.2, 0) is 4.79 Å². The topological polar surface area (TPSA) is 58.1 Å². The quantitative estimate of drug-likeness (QED) is 0.561. The minimum Gasteiger partial charge on any atom is -0.311 e. The number of benzene rings is 1. The van der Waals surface area contributed by atoms with Crippen molar-refractivity contribution in [1.82, 2.24) is 14.9 Å². The molecular formula is C25H28F2N4O. The number of amides is 1. The fraction of sp³-hybridized carbons (Fsp3) is 0.400. The summed E-state index contributed by atoms with van der Waals surface area (Å²) in [4.78, 5) is 23.7. The van der Waals surface area contributed by atoms with E-state index in [-0.39, 0.29) is 30.7 Å². The number of pyridine rings is 2. The molecule has 1 aliphatic heterocycles. The van der Waals surface area contributed by atoms with Gasteiger partial charge in [-0.15, -0.1) is 0 Å². The van der Waals surface area contributed by atoms with Crippen molar-refractivity contribution < 1.29 is 13.6 Å². The van der Waals surface area contributed by atoms with E-state index in [9.17, 15) is 13.6 Å². The lowest BCUT2D eigenvalue weighted by atomic mass is 9.93. The lowest BCUT2D eigenvalue weighted by molar-refractivity contribution is -0.116. The molecule has 3 aromatic rings. The van der Waals surface area contributed by atoms with E-state index in [0.29, 0.717) is 23.8 Å². The molecule has 0 saturated carbocycles. The molecule has 0 radical (unpaired) electrons. The van der Waals surface area contributed by atoms with Crippen molar-refractivity contribution >= 4 is 22.6 Å². The first kappa shape index (κ1) is 22.3. The van der Waals surface area contributed by atoms with Crippen molar-refractivity contribution in [1.29, 1.82) is 0 Å². The van der Waals surface area contributed by atoms with Crippen LogP contribution in [0.5, 0.6) is 0 Å². The molecule has 0 spiro atoms. The lowest BCUT2D eigenvalue weighted by Gasteiger charge is -2.31. The highest BCUT2D eigenvalue weighted by Crippen LogP contribution is 2.29. The van der Waals surface area contributed by atoms with Gasteiger partial charge in [0.1, 0.15) is 23.8 Å². The number of fused-ring (bicyclic) bond motifs is 1. The second kappa shape index (κ2) is 10.1. The zero-order valence-corrected chi connectivity index (χ0v) is 18.2. The average Bonchev–Trinajstić information content (AvgIpc) is 2.80. The first-order valence-corrected chi connectivity index (χ1v) is 11.1. The molecule has 32 heavy (non-hydrogen) atoms. The van der Waals surface area contributed by atoms with Gasteiger partial charge in [0.05, 0.1) is 0 Å². The Balaban J connectivity index is 1.40. The largest absolute Gasteiger partial charge is 0.311 e. The fourth-order valence-electron chi connectivity index (χ4n) is 4.49. The molecule has 0 bridgehead atoms. The van der Waals surface area contributed by atoms with Crippen molar-refractivity contribution in [2.75, 3.05) is 31.6 Å². The Labute approximate surface area is 186 Å². The van der Waals surface area contributed by atoms with Crippen LogP contribution in [0.1, 0.15) is 49.3 Å². The van der Waals surface area contributed by atoms with E-state index in [1.165, 1.54) is 6.07 Å². The summed E-state index contributed by atoms with van der Waals surface area (Å²) >= 11 is 0. The van der Waals surface area contributed by atoms with Crippen LogP contribution < -0.4 is 5.32 Å². The second-order valence-corrected chi connectivity index (χ2v) is 8.44. The summed E-state index contributed by atoms with van der Waals surface area (Å²) in [5.41, 5.74) is 2.18. The Hall–Kier alpha value is -2.93. The van der Waals surface area contributed by atoms with Crippen molar-refractivity contribution in [3.8, 4) is 0 Å². The van der Waals surface area contributed by atoms with Gasteiger partial charge in [-0.1, -0.05) is 25.1 Å². The van der Waals surface area contributed by atoms with Crippen LogP contribution in [0.3, 0.4) is 0 Å². The van der Waals surface area contributed by atoms with Gasteiger partial charge in [-0.3, -0.25) is 9.78 Å². The van der Waals surface area contributed by atoms with Crippen molar-refractivity contribution in [3.63, 3.8) is 0 Å². The van der Waals surface area contributed by atoms with Crippen molar-refractivity contribution in [2.45, 2.75) is 38.0 Å². The first-order chi connectivity index (χ1) is 15.5. The van der Waals surface area contributed by atoms with Crippen molar-refractivity contribution in [2.24, 2.45) is 0 Å². The maximum Gasteiger partial charge on any atom is 0.226 e. The van der Waals surface area contributed by atoms with Crippen LogP contribution in [-0.4, -0.2) is 47.1 Å². The predicted octanol–water partition coefficient (Wildman–Crippen LogP) is 5.05. The molecule has 1 saturated heterocycles. The van der Waals surface area contributed by atoms with Crippen LogP contribution in [0.15, 0.2) is 48.7 Å². The smallest absolute Gasteiger partial charge is 0.226 e. The maximum absolute atomic E-state index is 14.1. The maximum atomic E-state index is 14.1. The number of nitrogens with one attached hydrogen (secondary N) is 1. The SMILES string of the molecule is CC(CC(=O)Nc1cccc(C2CCN(CCF)CC2)n1)c1ccnc2c(F)cccc12. The molecular weight excluding hydrogens is 410 g/mol. The molecule has 1 aliphatic rings. The van der Waals surface area contributed by atoms with Gasteiger partial charge in [0.15, 0.2) is 0 Å². The standard InChI is InChI=1S/C25H28F2N4O/c1-17(19-8-12-28-25-20(19)4-2-5-21(25)27)16-24(32)30-23-7-3-6-22(29-23)18-9-13-31(14-10-18)15-11-26/h2-8,12,17-18H,9-11,13-16H2,1H3,(H,29,30,32). The number of hydrogen-bond donors (Lipinski definition) is 1. The summed E-state index contributed by atoms with van der Waals surface area (Å²) in [7, 11) is 0. The summed E-state index contributed by atoms with van der Waals surface area (Å²) in [5, 5.41) is 3.64. The number of halogens is 2. The number of carbonyl (C=O) groups is 1. The summed E-state index contributed by atoms with van der Waals surface area (Å²) in [5.74, 6) is 0.250. The summed E-state index contributed by atoms with van der Waals surface area (Å²) in [6.07, 6.45) is 3.71. The minimum atomic E-state index is -0.363. The fourth-order valence-corrected chi connectivity index (χ4v) is 4.49. The number of carbonyl (C=O) groups excluding carboxylic acids is 1. The number of aromatic nitrogens is 2. The first-order valence-electron chi connectivity index (χ1n) is 11.1. The number of para-hydroxylation sites is 1. The summed E-state index contributed by atoms with van der Waals surface area (Å²) in [6, 6.07) is 12.4. The Morgan fingerprint density at radius 2 is 1.97 bits per heavy atom. The number of anilines is 1. The molecule has 5 nitrogen and oxygen atoms in total. The second-order valence-electron chi connectivity index (χ2n) is 8.44. The number of nitrogens with zero attached hydrogens (tertiary/aromatic N) is 3. The van der Waals surface area contributed by atoms with Gasteiger partial charge < -0.3 is 10.2 Å². The van der Waals surface area contributed by atoms with Crippen LogP contribution in [0.4, 0.5) is 14.6 Å². The molecule has 4 rings (SSSR count). The number of alkyl halides is 1. The van der Waals surface area contributed by atoms with Crippen LogP contribution in [0.2, 0.25) is 0 Å². The minimum absolute atomic E-state index is 0.106. The van der Waals surface area contributed by atoms with Gasteiger partial charge in [0.25, 0.3) is 0 Å². The third-order valence-electron chi connectivity index (χ3n) is 6.22. The normalized spacial score (nSPS) is 16.2. The number of piperidine rings is 1. The Morgan fingerprint density at radius 3 is 2.75 bits per heavy atom. The predicted molar refractivity (Wildman–Crippen MR) is 122 cm³/mol. The summed E-state index contributed by atoms with van der Waals surface area (Å²) < 4.78 is 26.6. The van der Waals surface area contributed by atoms with Gasteiger partial charge in [0.2, 0.25) is 5.91 Å². The van der Waals surface area contributed by atoms with Gasteiger partial charge >= 0.3 is 0 Å². The van der Waals surface area contributed by atoms with E-state index in [1.807, 2.05) is 31.2 Å². The van der Waals surface area contributed by atoms with Crippen LogP contribution in [0.25, 0.3) is 10.9 Å². The average molecular weight is 439 g/mol. The molecule has 1 unspecified atom stereocenters. The van der Waals surface area contributed by atoms with Gasteiger partial charge in [-0.2, -0.15) is 0 Å². The molecule has 0 aliphatic carbocycles. The van der Waals surface area contributed by atoms with Crippen molar-refractivity contribution in [3.05, 3.63) is 65.7 Å². The molecule has 1 atom stereocenters. The molecule has 168 valence electrons. The van der Waals surface area contributed by atoms with Gasteiger partial charge in [0, 0.05) is 36.2 Å². The van der Waals surface area contributed by atoms with E-state index in [1.54, 1.807) is 18.3 Å². The van der Waals surface area contributed by atoms with E-state index in [2.05, 4.69) is 20.2 Å². The van der Waals surface area contributed by atoms with Crippen LogP contribution in [0, 0.1) is 5.82 Å². The van der Waals surface area contributed by atoms with E-state index in [0.717, 1.165) is 42.6 Å². The Bertz CT molecular complexity index is 1080. The third-order valence-corrected chi connectivity index (χ3v) is 6.22. The Morgan fingerprint density at radius 1 is 1.19 bits per heavy atom. The Kier molecular flexibility index (Phi) is 7.05. The highest BCUT2D eigenvalue weighted by atomic mass is 19.1. The van der Waals surface area contributed by atoms with E-state index < -0.39 is 0 Å². The summed E-state index contributed by atoms with van der Waals surface area (Å²) in [6.45, 7) is 3.87. The monoisotopic (exact) mass is 438 g/mol. The number of rotatable bonds is 7. The number of likely N-dealkylation sites (tertiary alicyclic amines) is 1. The van der Waals surface area contributed by atoms with Gasteiger partial charge in [-0.05, 0) is 61.7 Å². The highest BCUT2D eigenvalue weighted by molar-refractivity contribution is 5.91.